The molecule has 4 unspecified atom stereocenters. The Labute approximate surface area is 224 Å². The first kappa shape index (κ1) is 33.4. The van der Waals surface area contributed by atoms with E-state index in [2.05, 4.69) is 83.1 Å². The molecule has 0 bridgehead atoms. The van der Waals surface area contributed by atoms with E-state index in [-0.39, 0.29) is 28.0 Å². The van der Waals surface area contributed by atoms with Crippen LogP contribution in [-0.2, 0) is 23.7 Å². The molecule has 4 heterocycles. The second kappa shape index (κ2) is 11.6. The van der Waals surface area contributed by atoms with E-state index < -0.39 is 0 Å². The molecule has 5 aliphatic rings. The summed E-state index contributed by atoms with van der Waals surface area (Å²) in [7, 11) is 1.68. The molecular weight excluding hydrogens is 452 g/mol. The minimum Gasteiger partial charge on any atom is -0.501 e. The van der Waals surface area contributed by atoms with Crippen LogP contribution in [0.1, 0.15) is 123 Å². The number of ether oxygens (including phenoxy) is 5. The van der Waals surface area contributed by atoms with Crippen molar-refractivity contribution < 1.29 is 23.7 Å². The van der Waals surface area contributed by atoms with Gasteiger partial charge < -0.3 is 23.7 Å². The van der Waals surface area contributed by atoms with Crippen LogP contribution in [0, 0.1) is 11.3 Å². The fourth-order valence-electron chi connectivity index (χ4n) is 4.08. The van der Waals surface area contributed by atoms with Gasteiger partial charge in [0.1, 0.15) is 0 Å². The number of allylic oxidation sites excluding steroid dienone is 2. The van der Waals surface area contributed by atoms with Crippen LogP contribution in [0.3, 0.4) is 0 Å². The molecular formula is C31H60O5. The van der Waals surface area contributed by atoms with Crippen LogP contribution in [0.4, 0.5) is 0 Å². The molecule has 5 fully saturated rings. The molecule has 0 radical (unpaired) electrons. The van der Waals surface area contributed by atoms with Gasteiger partial charge in [0.25, 0.3) is 0 Å². The van der Waals surface area contributed by atoms with Crippen molar-refractivity contribution in [3.05, 3.63) is 11.3 Å². The van der Waals surface area contributed by atoms with E-state index in [4.69, 9.17) is 23.7 Å². The predicted octanol–water partition coefficient (Wildman–Crippen LogP) is 8.10. The third-order valence-corrected chi connectivity index (χ3v) is 8.70. The fraction of sp³-hybridized carbons (Fsp3) is 0.935. The maximum absolute atomic E-state index is 5.72. The highest BCUT2D eigenvalue weighted by Crippen LogP contribution is 2.58. The lowest BCUT2D eigenvalue weighted by Crippen LogP contribution is -2.36. The molecule has 214 valence electrons. The molecule has 1 aliphatic carbocycles. The third-order valence-electron chi connectivity index (χ3n) is 8.70. The Kier molecular flexibility index (Phi) is 10.8. The summed E-state index contributed by atoms with van der Waals surface area (Å²) in [5.74, 6) is 1.89. The van der Waals surface area contributed by atoms with Gasteiger partial charge in [-0.2, -0.15) is 0 Å². The first-order valence-electron chi connectivity index (χ1n) is 13.9. The van der Waals surface area contributed by atoms with E-state index in [0.29, 0.717) is 11.5 Å². The number of rotatable bonds is 1. The van der Waals surface area contributed by atoms with Gasteiger partial charge >= 0.3 is 0 Å². The maximum atomic E-state index is 5.72. The number of hydrogen-bond acceptors (Lipinski definition) is 5. The molecule has 0 amide bonds. The lowest BCUT2D eigenvalue weighted by molar-refractivity contribution is -0.0892. The molecule has 4 atom stereocenters. The van der Waals surface area contributed by atoms with Gasteiger partial charge in [-0.05, 0) is 114 Å². The number of methoxy groups -OCH3 is 1. The van der Waals surface area contributed by atoms with Crippen LogP contribution in [0.15, 0.2) is 11.3 Å². The summed E-state index contributed by atoms with van der Waals surface area (Å²) in [6.07, 6.45) is 4.39. The topological polar surface area (TPSA) is 56.0 Å². The summed E-state index contributed by atoms with van der Waals surface area (Å²) in [6.45, 7) is 33.8. The molecule has 0 aromatic heterocycles. The van der Waals surface area contributed by atoms with Gasteiger partial charge in [0.15, 0.2) is 0 Å². The molecule has 5 rings (SSSR count). The van der Waals surface area contributed by atoms with Gasteiger partial charge in [-0.3, -0.25) is 0 Å². The third kappa shape index (κ3) is 9.93. The lowest BCUT2D eigenvalue weighted by atomic mass is 9.77. The summed E-state index contributed by atoms with van der Waals surface area (Å²) >= 11 is 0. The van der Waals surface area contributed by atoms with Gasteiger partial charge in [0.2, 0.25) is 0 Å². The average Bonchev–Trinajstić information content (AvgIpc) is 3.57. The van der Waals surface area contributed by atoms with Crippen molar-refractivity contribution in [2.45, 2.75) is 157 Å². The van der Waals surface area contributed by atoms with E-state index in [1.54, 1.807) is 7.11 Å². The summed E-state index contributed by atoms with van der Waals surface area (Å²) in [5.41, 5.74) is 2.76. The standard InChI is InChI=1S/C9H16O.2C6H12O.2C5H10O/c1-7-4-5-8(2)9(3,6-7)10-8;1-5(2)6(3,4)7-5;1-5(2)6(3)7-4;1-5(2)3-6-4-5;1-4-5(2,3)6-4/h7H,4-6H2,1-3H3;2*1-4H3;3-4H2,1-2H3;4H,1-3H3. The molecule has 4 saturated heterocycles. The van der Waals surface area contributed by atoms with Crippen LogP contribution in [0.5, 0.6) is 0 Å². The van der Waals surface area contributed by atoms with Crippen molar-refractivity contribution in [1.82, 2.24) is 0 Å². The van der Waals surface area contributed by atoms with E-state index in [1.807, 2.05) is 20.8 Å². The van der Waals surface area contributed by atoms with Crippen LogP contribution in [-0.4, -0.2) is 54.4 Å². The molecule has 5 heteroatoms. The Hall–Kier alpha value is -0.620. The van der Waals surface area contributed by atoms with E-state index in [9.17, 15) is 0 Å². The highest BCUT2D eigenvalue weighted by atomic mass is 16.6. The van der Waals surface area contributed by atoms with Crippen LogP contribution in [0.25, 0.3) is 0 Å². The number of epoxide rings is 3. The van der Waals surface area contributed by atoms with Gasteiger partial charge in [0.05, 0.1) is 60.2 Å². The molecule has 5 nitrogen and oxygen atoms in total. The van der Waals surface area contributed by atoms with Gasteiger partial charge in [-0.15, -0.1) is 0 Å². The quantitative estimate of drug-likeness (QED) is 0.262. The lowest BCUT2D eigenvalue weighted by Gasteiger charge is -2.33. The second-order valence-electron chi connectivity index (χ2n) is 14.3. The van der Waals surface area contributed by atoms with Crippen molar-refractivity contribution in [3.8, 4) is 0 Å². The Balaban J connectivity index is 0.000000229. The highest BCUT2D eigenvalue weighted by Gasteiger charge is 2.64. The van der Waals surface area contributed by atoms with Crippen LogP contribution in [0.2, 0.25) is 0 Å². The molecule has 1 saturated carbocycles. The van der Waals surface area contributed by atoms with Crippen molar-refractivity contribution >= 4 is 0 Å². The zero-order valence-electron chi connectivity index (χ0n) is 26.7. The van der Waals surface area contributed by atoms with Gasteiger partial charge in [0, 0.05) is 5.41 Å². The molecule has 0 spiro atoms. The number of hydrogen-bond donors (Lipinski definition) is 0. The van der Waals surface area contributed by atoms with Gasteiger partial charge in [-0.1, -0.05) is 20.8 Å². The minimum atomic E-state index is 0.146. The average molecular weight is 513 g/mol. The van der Waals surface area contributed by atoms with Crippen molar-refractivity contribution in [2.24, 2.45) is 11.3 Å². The van der Waals surface area contributed by atoms with Gasteiger partial charge in [-0.25, -0.2) is 0 Å². The second-order valence-corrected chi connectivity index (χ2v) is 14.3. The molecule has 36 heavy (non-hydrogen) atoms. The smallest absolute Gasteiger partial charge is 0.0951 e. The highest BCUT2D eigenvalue weighted by molar-refractivity contribution is 5.13. The SMILES string of the molecule is CC1(C)COC1.CC1(C)OC1(C)C.CC1CCC2(C)OC2(C)C1.CC1OC1(C)C.COC(C)=C(C)C. The summed E-state index contributed by atoms with van der Waals surface area (Å²) in [5, 5.41) is 0. The zero-order chi connectivity index (χ0) is 28.4. The normalized spacial score (nSPS) is 35.9. The Morgan fingerprint density at radius 2 is 1.14 bits per heavy atom. The predicted molar refractivity (Wildman–Crippen MR) is 150 cm³/mol. The molecule has 4 aliphatic heterocycles. The largest absolute Gasteiger partial charge is 0.501 e. The summed E-state index contributed by atoms with van der Waals surface area (Å²) in [6, 6.07) is 0. The minimum absolute atomic E-state index is 0.146. The molecule has 0 aromatic carbocycles. The number of fused-ring (bicyclic) bond motifs is 1. The van der Waals surface area contributed by atoms with E-state index >= 15 is 0 Å². The maximum Gasteiger partial charge on any atom is 0.0951 e. The fourth-order valence-corrected chi connectivity index (χ4v) is 4.08. The van der Waals surface area contributed by atoms with E-state index in [1.165, 1.54) is 24.8 Å². The van der Waals surface area contributed by atoms with Crippen LogP contribution < -0.4 is 0 Å². The molecule has 0 N–H and O–H groups in total. The summed E-state index contributed by atoms with van der Waals surface area (Å²) in [4.78, 5) is 0. The monoisotopic (exact) mass is 512 g/mol. The first-order chi connectivity index (χ1) is 16.0. The summed E-state index contributed by atoms with van der Waals surface area (Å²) < 4.78 is 25.9. The van der Waals surface area contributed by atoms with Crippen molar-refractivity contribution in [2.75, 3.05) is 20.3 Å². The van der Waals surface area contributed by atoms with Crippen molar-refractivity contribution in [1.29, 1.82) is 0 Å². The Morgan fingerprint density at radius 1 is 0.750 bits per heavy atom. The Morgan fingerprint density at radius 3 is 1.28 bits per heavy atom. The molecule has 0 aromatic rings. The first-order valence-corrected chi connectivity index (χ1v) is 13.9. The van der Waals surface area contributed by atoms with Crippen molar-refractivity contribution in [3.63, 3.8) is 0 Å². The van der Waals surface area contributed by atoms with Crippen LogP contribution >= 0.6 is 0 Å². The zero-order valence-corrected chi connectivity index (χ0v) is 26.7. The Bertz CT molecular complexity index is 721. The van der Waals surface area contributed by atoms with E-state index in [0.717, 1.165) is 24.9 Å².